The van der Waals surface area contributed by atoms with Crippen molar-refractivity contribution in [2.24, 2.45) is 0 Å². The van der Waals surface area contributed by atoms with E-state index in [1.807, 2.05) is 26.0 Å². The number of morpholine rings is 1. The van der Waals surface area contributed by atoms with E-state index in [2.05, 4.69) is 10.2 Å². The minimum atomic E-state index is -0.404. The molecule has 1 atom stereocenters. The summed E-state index contributed by atoms with van der Waals surface area (Å²) in [7, 11) is 0. The highest BCUT2D eigenvalue weighted by Gasteiger charge is 2.34. The molecule has 0 saturated carbocycles. The van der Waals surface area contributed by atoms with Crippen molar-refractivity contribution in [3.63, 3.8) is 0 Å². The van der Waals surface area contributed by atoms with Crippen LogP contribution >= 0.6 is 0 Å². The molecule has 3 aromatic rings. The normalized spacial score (nSPS) is 18.0. The van der Waals surface area contributed by atoms with Gasteiger partial charge in [0.2, 0.25) is 11.8 Å². The molecule has 1 aromatic carbocycles. The fourth-order valence-corrected chi connectivity index (χ4v) is 3.05. The first-order valence-corrected chi connectivity index (χ1v) is 8.22. The van der Waals surface area contributed by atoms with E-state index in [4.69, 9.17) is 13.6 Å². The minimum absolute atomic E-state index is 0.198. The summed E-state index contributed by atoms with van der Waals surface area (Å²) in [6.45, 7) is 7.02. The van der Waals surface area contributed by atoms with E-state index in [1.165, 1.54) is 0 Å². The molecule has 1 aliphatic rings. The quantitative estimate of drug-likeness (QED) is 0.713. The zero-order valence-electron chi connectivity index (χ0n) is 14.4. The van der Waals surface area contributed by atoms with Gasteiger partial charge in [-0.1, -0.05) is 0 Å². The Morgan fingerprint density at radius 3 is 2.68 bits per heavy atom. The Balaban J connectivity index is 1.68. The summed E-state index contributed by atoms with van der Waals surface area (Å²) in [5, 5.41) is 8.81. The molecule has 0 unspecified atom stereocenters. The topological polar surface area (TPSA) is 81.6 Å². The van der Waals surface area contributed by atoms with Crippen LogP contribution in [0, 0.1) is 20.8 Å². The molecule has 3 heterocycles. The van der Waals surface area contributed by atoms with Gasteiger partial charge in [0.05, 0.1) is 13.2 Å². The van der Waals surface area contributed by atoms with Crippen molar-refractivity contribution >= 4 is 16.9 Å². The average molecular weight is 341 g/mol. The van der Waals surface area contributed by atoms with Crippen LogP contribution in [0.15, 0.2) is 27.0 Å². The van der Waals surface area contributed by atoms with Gasteiger partial charge >= 0.3 is 0 Å². The van der Waals surface area contributed by atoms with Crippen molar-refractivity contribution in [1.29, 1.82) is 0 Å². The van der Waals surface area contributed by atoms with E-state index < -0.39 is 6.04 Å². The Morgan fingerprint density at radius 1 is 1.12 bits per heavy atom. The van der Waals surface area contributed by atoms with Crippen LogP contribution in [0.3, 0.4) is 0 Å². The molecular formula is C18H19N3O4. The third kappa shape index (κ3) is 2.80. The summed E-state index contributed by atoms with van der Waals surface area (Å²) in [5.74, 6) is 0.954. The number of rotatable bonds is 2. The molecule has 1 amide bonds. The van der Waals surface area contributed by atoms with Gasteiger partial charge in [-0.2, -0.15) is 0 Å². The second kappa shape index (κ2) is 6.00. The van der Waals surface area contributed by atoms with Gasteiger partial charge in [-0.3, -0.25) is 4.79 Å². The lowest BCUT2D eigenvalue weighted by atomic mass is 10.1. The molecule has 1 saturated heterocycles. The van der Waals surface area contributed by atoms with E-state index >= 15 is 0 Å². The monoisotopic (exact) mass is 341 g/mol. The van der Waals surface area contributed by atoms with Crippen molar-refractivity contribution in [2.45, 2.75) is 26.8 Å². The second-order valence-electron chi connectivity index (χ2n) is 6.33. The van der Waals surface area contributed by atoms with E-state index in [9.17, 15) is 4.79 Å². The Labute approximate surface area is 144 Å². The van der Waals surface area contributed by atoms with Gasteiger partial charge in [0.1, 0.15) is 11.6 Å². The molecule has 25 heavy (non-hydrogen) atoms. The zero-order chi connectivity index (χ0) is 17.6. The zero-order valence-corrected chi connectivity index (χ0v) is 14.4. The lowest BCUT2D eigenvalue weighted by molar-refractivity contribution is -0.0120. The van der Waals surface area contributed by atoms with Crippen molar-refractivity contribution in [3.8, 4) is 0 Å². The van der Waals surface area contributed by atoms with Gasteiger partial charge in [-0.15, -0.1) is 10.2 Å². The maximum absolute atomic E-state index is 13.0. The molecule has 0 aliphatic carbocycles. The van der Waals surface area contributed by atoms with Crippen molar-refractivity contribution in [2.75, 3.05) is 19.8 Å². The van der Waals surface area contributed by atoms with Crippen LogP contribution in [0.25, 0.3) is 11.0 Å². The summed E-state index contributed by atoms with van der Waals surface area (Å²) >= 11 is 0. The number of fused-ring (bicyclic) bond motifs is 1. The molecule has 0 spiro atoms. The summed E-state index contributed by atoms with van der Waals surface area (Å²) in [5.41, 5.74) is 3.01. The first-order valence-electron chi connectivity index (χ1n) is 8.22. The maximum atomic E-state index is 13.0. The largest absolute Gasteiger partial charge is 0.451 e. The predicted molar refractivity (Wildman–Crippen MR) is 89.3 cm³/mol. The number of hydrogen-bond donors (Lipinski definition) is 0. The van der Waals surface area contributed by atoms with Gasteiger partial charge in [0, 0.05) is 18.9 Å². The van der Waals surface area contributed by atoms with Gasteiger partial charge < -0.3 is 18.5 Å². The van der Waals surface area contributed by atoms with Crippen molar-refractivity contribution in [3.05, 3.63) is 46.9 Å². The number of hydrogen-bond acceptors (Lipinski definition) is 6. The highest BCUT2D eigenvalue weighted by atomic mass is 16.5. The van der Waals surface area contributed by atoms with Crippen LogP contribution in [0.2, 0.25) is 0 Å². The maximum Gasteiger partial charge on any atom is 0.290 e. The fraction of sp³-hybridized carbons (Fsp3) is 0.389. The molecule has 0 radical (unpaired) electrons. The van der Waals surface area contributed by atoms with Gasteiger partial charge in [0.15, 0.2) is 5.76 Å². The molecule has 4 rings (SSSR count). The standard InChI is InChI=1S/C18H19N3O4/c1-10-6-13-8-16(25-15(13)7-11(10)2)18(22)21-4-5-23-9-14(21)17-20-19-12(3)24-17/h6-8,14H,4-5,9H2,1-3H3/t14-/m1/s1. The van der Waals surface area contributed by atoms with Crippen LogP contribution in [0.4, 0.5) is 0 Å². The third-order valence-corrected chi connectivity index (χ3v) is 4.56. The number of amides is 1. The Kier molecular flexibility index (Phi) is 3.80. The summed E-state index contributed by atoms with van der Waals surface area (Å²) in [6.07, 6.45) is 0. The molecule has 2 aromatic heterocycles. The molecule has 1 fully saturated rings. The van der Waals surface area contributed by atoms with Crippen LogP contribution in [-0.2, 0) is 4.74 Å². The number of ether oxygens (including phenoxy) is 1. The number of aromatic nitrogens is 2. The van der Waals surface area contributed by atoms with Crippen LogP contribution in [0.1, 0.15) is 39.5 Å². The lowest BCUT2D eigenvalue weighted by Crippen LogP contribution is -2.43. The third-order valence-electron chi connectivity index (χ3n) is 4.56. The number of carbonyl (C=O) groups excluding carboxylic acids is 1. The van der Waals surface area contributed by atoms with E-state index in [0.29, 0.717) is 42.9 Å². The Morgan fingerprint density at radius 2 is 1.92 bits per heavy atom. The highest BCUT2D eigenvalue weighted by molar-refractivity contribution is 5.96. The lowest BCUT2D eigenvalue weighted by Gasteiger charge is -2.32. The van der Waals surface area contributed by atoms with Gasteiger partial charge in [-0.25, -0.2) is 0 Å². The van der Waals surface area contributed by atoms with Crippen LogP contribution in [0.5, 0.6) is 0 Å². The van der Waals surface area contributed by atoms with Crippen LogP contribution < -0.4 is 0 Å². The fourth-order valence-electron chi connectivity index (χ4n) is 3.05. The molecular weight excluding hydrogens is 322 g/mol. The first kappa shape index (κ1) is 15.8. The minimum Gasteiger partial charge on any atom is -0.451 e. The smallest absolute Gasteiger partial charge is 0.290 e. The molecule has 1 aliphatic heterocycles. The highest BCUT2D eigenvalue weighted by Crippen LogP contribution is 2.28. The van der Waals surface area contributed by atoms with E-state index in [0.717, 1.165) is 16.5 Å². The van der Waals surface area contributed by atoms with Gasteiger partial charge in [0.25, 0.3) is 5.91 Å². The number of nitrogens with zero attached hydrogens (tertiary/aromatic N) is 3. The Bertz CT molecular complexity index is 904. The summed E-state index contributed by atoms with van der Waals surface area (Å²) in [4.78, 5) is 14.7. The SMILES string of the molecule is Cc1nnc([C@H]2COCCN2C(=O)c2cc3cc(C)c(C)cc3o2)o1. The van der Waals surface area contributed by atoms with Crippen molar-refractivity contribution < 1.29 is 18.4 Å². The molecule has 0 bridgehead atoms. The number of aryl methyl sites for hydroxylation is 3. The number of carbonyl (C=O) groups is 1. The predicted octanol–water partition coefficient (Wildman–Crippen LogP) is 2.95. The molecule has 7 nitrogen and oxygen atoms in total. The number of benzene rings is 1. The molecule has 130 valence electrons. The van der Waals surface area contributed by atoms with Crippen molar-refractivity contribution in [1.82, 2.24) is 15.1 Å². The summed E-state index contributed by atoms with van der Waals surface area (Å²) < 4.78 is 16.8. The summed E-state index contributed by atoms with van der Waals surface area (Å²) in [6, 6.07) is 5.37. The molecule has 0 N–H and O–H groups in total. The van der Waals surface area contributed by atoms with Crippen LogP contribution in [-0.4, -0.2) is 40.8 Å². The molecule has 7 heteroatoms. The van der Waals surface area contributed by atoms with E-state index in [-0.39, 0.29) is 5.91 Å². The average Bonchev–Trinajstić information content (AvgIpc) is 3.21. The number of furan rings is 1. The first-order chi connectivity index (χ1) is 12.0. The second-order valence-corrected chi connectivity index (χ2v) is 6.33. The van der Waals surface area contributed by atoms with Gasteiger partial charge in [-0.05, 0) is 43.2 Å². The van der Waals surface area contributed by atoms with E-state index in [1.54, 1.807) is 17.9 Å². The Hall–Kier alpha value is -2.67.